The zero-order chi connectivity index (χ0) is 26.9. The number of carbonyl (C=O) groups is 3. The van der Waals surface area contributed by atoms with Crippen molar-refractivity contribution in [1.82, 2.24) is 16.0 Å². The minimum atomic E-state index is -0.325. The molecule has 0 aliphatic rings. The summed E-state index contributed by atoms with van der Waals surface area (Å²) in [5.74, 6) is -0.320. The monoisotopic (exact) mass is 512 g/mol. The fourth-order valence-corrected chi connectivity index (χ4v) is 4.04. The summed E-state index contributed by atoms with van der Waals surface area (Å²) >= 11 is 0. The van der Waals surface area contributed by atoms with Gasteiger partial charge < -0.3 is 25.8 Å². The predicted octanol–water partition coefficient (Wildman–Crippen LogP) is 4.95. The van der Waals surface area contributed by atoms with E-state index in [-0.39, 0.29) is 35.2 Å². The number of carbonyl (C=O) groups excluding carboxylic acids is 3. The van der Waals surface area contributed by atoms with Crippen molar-refractivity contribution in [2.75, 3.05) is 40.3 Å². The van der Waals surface area contributed by atoms with Gasteiger partial charge in [0, 0.05) is 38.9 Å². The lowest BCUT2D eigenvalue weighted by molar-refractivity contribution is -0.840. The molecule has 0 atom stereocenters. The third-order valence-electron chi connectivity index (χ3n) is 6.30. The molecule has 0 aliphatic heterocycles. The molecule has 0 spiro atoms. The first-order valence-corrected chi connectivity index (χ1v) is 14.6. The van der Waals surface area contributed by atoms with Crippen LogP contribution in [0, 0.1) is 5.21 Å². The summed E-state index contributed by atoms with van der Waals surface area (Å²) in [4.78, 5) is 35.5. The Bertz CT molecular complexity index is 564. The topological polar surface area (TPSA) is 110 Å². The van der Waals surface area contributed by atoms with Crippen molar-refractivity contribution in [1.29, 1.82) is 0 Å². The molecule has 0 fully saturated rings. The van der Waals surface area contributed by atoms with Crippen molar-refractivity contribution in [2.45, 2.75) is 122 Å². The van der Waals surface area contributed by atoms with Crippen LogP contribution in [-0.2, 0) is 14.4 Å². The van der Waals surface area contributed by atoms with Gasteiger partial charge in [-0.2, -0.15) is 0 Å². The Morgan fingerprint density at radius 1 is 0.528 bits per heavy atom. The summed E-state index contributed by atoms with van der Waals surface area (Å²) in [6.45, 7) is 4.07. The van der Waals surface area contributed by atoms with E-state index in [1.54, 1.807) is 14.1 Å². The number of nitrogens with zero attached hydrogens (tertiary/aromatic N) is 1. The van der Waals surface area contributed by atoms with Gasteiger partial charge in [-0.05, 0) is 19.3 Å². The maximum absolute atomic E-state index is 11.9. The van der Waals surface area contributed by atoms with E-state index >= 15 is 0 Å². The maximum atomic E-state index is 11.9. The van der Waals surface area contributed by atoms with Crippen LogP contribution in [0.2, 0.25) is 0 Å². The number of hydrogen-bond acceptors (Lipinski definition) is 4. The molecule has 3 N–H and O–H groups in total. The minimum Gasteiger partial charge on any atom is -0.633 e. The normalized spacial score (nSPS) is 11.3. The lowest BCUT2D eigenvalue weighted by atomic mass is 10.0. The van der Waals surface area contributed by atoms with Crippen molar-refractivity contribution in [2.24, 2.45) is 0 Å². The largest absolute Gasteiger partial charge is 0.633 e. The smallest absolute Gasteiger partial charge is 0.220 e. The van der Waals surface area contributed by atoms with Crippen molar-refractivity contribution in [3.63, 3.8) is 0 Å². The Kier molecular flexibility index (Phi) is 22.6. The third kappa shape index (κ3) is 26.9. The lowest BCUT2D eigenvalue weighted by Crippen LogP contribution is -2.35. The van der Waals surface area contributed by atoms with Crippen LogP contribution in [0.15, 0.2) is 0 Å². The van der Waals surface area contributed by atoms with E-state index in [0.29, 0.717) is 32.6 Å². The molecule has 0 bridgehead atoms. The van der Waals surface area contributed by atoms with Gasteiger partial charge in [0.25, 0.3) is 0 Å². The van der Waals surface area contributed by atoms with E-state index < -0.39 is 0 Å². The highest BCUT2D eigenvalue weighted by Gasteiger charge is 2.07. The van der Waals surface area contributed by atoms with Gasteiger partial charge in [0.2, 0.25) is 17.7 Å². The average Bonchev–Trinajstić information content (AvgIpc) is 2.82. The van der Waals surface area contributed by atoms with E-state index in [0.717, 1.165) is 25.7 Å². The molecule has 8 nitrogen and oxygen atoms in total. The Morgan fingerprint density at radius 3 is 1.36 bits per heavy atom. The molecule has 0 aromatic heterocycles. The molecule has 0 saturated carbocycles. The number of hydroxylamine groups is 3. The molecule has 36 heavy (non-hydrogen) atoms. The van der Waals surface area contributed by atoms with Crippen molar-refractivity contribution in [3.05, 3.63) is 5.21 Å². The van der Waals surface area contributed by atoms with Gasteiger partial charge in [0.05, 0.1) is 20.6 Å². The molecule has 0 rings (SSSR count). The molecule has 8 heteroatoms. The fourth-order valence-electron chi connectivity index (χ4n) is 4.04. The summed E-state index contributed by atoms with van der Waals surface area (Å²) in [5.41, 5.74) is 0. The second-order valence-electron chi connectivity index (χ2n) is 10.5. The highest BCUT2D eigenvalue weighted by atomic mass is 16.5. The Balaban J connectivity index is 3.43. The molecule has 0 unspecified atom stereocenters. The van der Waals surface area contributed by atoms with Crippen molar-refractivity contribution < 1.29 is 19.0 Å². The van der Waals surface area contributed by atoms with E-state index in [2.05, 4.69) is 22.9 Å². The number of quaternary nitrogens is 1. The third-order valence-corrected chi connectivity index (χ3v) is 6.30. The highest BCUT2D eigenvalue weighted by Crippen LogP contribution is 2.12. The molecule has 0 heterocycles. The van der Waals surface area contributed by atoms with E-state index in [9.17, 15) is 19.6 Å². The maximum Gasteiger partial charge on any atom is 0.220 e. The van der Waals surface area contributed by atoms with Crippen LogP contribution in [0.5, 0.6) is 0 Å². The van der Waals surface area contributed by atoms with E-state index in [1.807, 2.05) is 0 Å². The van der Waals surface area contributed by atoms with Gasteiger partial charge in [-0.25, -0.2) is 0 Å². The molecule has 0 radical (unpaired) electrons. The average molecular weight is 513 g/mol. The van der Waals surface area contributed by atoms with Gasteiger partial charge in [0.1, 0.15) is 0 Å². The van der Waals surface area contributed by atoms with Gasteiger partial charge >= 0.3 is 0 Å². The summed E-state index contributed by atoms with van der Waals surface area (Å²) in [7, 11) is 3.20. The van der Waals surface area contributed by atoms with Crippen LogP contribution >= 0.6 is 0 Å². The van der Waals surface area contributed by atoms with Crippen LogP contribution in [0.1, 0.15) is 122 Å². The second-order valence-corrected chi connectivity index (χ2v) is 10.5. The summed E-state index contributed by atoms with van der Waals surface area (Å²) < 4.78 is -0.325. The van der Waals surface area contributed by atoms with Crippen LogP contribution in [0.4, 0.5) is 0 Å². The fraction of sp³-hybridized carbons (Fsp3) is 0.893. The van der Waals surface area contributed by atoms with Gasteiger partial charge in [0.15, 0.2) is 0 Å². The number of amides is 3. The van der Waals surface area contributed by atoms with E-state index in [1.165, 1.54) is 70.6 Å². The molecule has 0 aromatic carbocycles. The molecule has 3 amide bonds. The summed E-state index contributed by atoms with van der Waals surface area (Å²) in [6, 6.07) is 0. The zero-order valence-electron chi connectivity index (χ0n) is 23.6. The Hall–Kier alpha value is -1.67. The van der Waals surface area contributed by atoms with Gasteiger partial charge in [-0.3, -0.25) is 14.4 Å². The Morgan fingerprint density at radius 2 is 0.917 bits per heavy atom. The second kappa shape index (κ2) is 23.7. The standard InChI is InChI=1S/C28H56N4O4/c1-4-5-6-7-8-9-10-11-12-13-14-15-16-19-26(33)30-23-24-31-28(35)21-20-27(34)29-22-17-18-25-32(2,3)36/h4-25H2,1-3H3,(H,29,34)(H,30,33)(H,31,35). The first-order valence-electron chi connectivity index (χ1n) is 14.6. The first-order chi connectivity index (χ1) is 17.2. The number of nitrogens with one attached hydrogen (secondary N) is 3. The quantitative estimate of drug-likeness (QED) is 0.0913. The van der Waals surface area contributed by atoms with Gasteiger partial charge in [-0.1, -0.05) is 84.0 Å². The van der Waals surface area contributed by atoms with Crippen LogP contribution in [-0.4, -0.2) is 62.6 Å². The molecular weight excluding hydrogens is 456 g/mol. The van der Waals surface area contributed by atoms with Crippen molar-refractivity contribution >= 4 is 17.7 Å². The minimum absolute atomic E-state index is 0.0332. The SMILES string of the molecule is CCCCCCCCCCCCCCCC(=O)NCCNC(=O)CCC(=O)NCCCC[N+](C)(C)[O-]. The summed E-state index contributed by atoms with van der Waals surface area (Å²) in [6.07, 6.45) is 19.0. The molecule has 0 saturated heterocycles. The highest BCUT2D eigenvalue weighted by molar-refractivity contribution is 5.83. The molecule has 0 aromatic rings. The predicted molar refractivity (Wildman–Crippen MR) is 148 cm³/mol. The van der Waals surface area contributed by atoms with Crippen LogP contribution in [0.25, 0.3) is 0 Å². The summed E-state index contributed by atoms with van der Waals surface area (Å²) in [5, 5.41) is 19.8. The first kappa shape index (κ1) is 34.3. The number of hydrogen-bond donors (Lipinski definition) is 3. The van der Waals surface area contributed by atoms with E-state index in [4.69, 9.17) is 0 Å². The van der Waals surface area contributed by atoms with Crippen LogP contribution < -0.4 is 16.0 Å². The zero-order valence-corrected chi connectivity index (χ0v) is 23.6. The molecule has 0 aliphatic carbocycles. The van der Waals surface area contributed by atoms with Gasteiger partial charge in [-0.15, -0.1) is 0 Å². The number of rotatable bonds is 25. The van der Waals surface area contributed by atoms with Crippen LogP contribution in [0.3, 0.4) is 0 Å². The lowest BCUT2D eigenvalue weighted by Gasteiger charge is -2.33. The molecule has 212 valence electrons. The molecular formula is C28H56N4O4. The van der Waals surface area contributed by atoms with Crippen molar-refractivity contribution in [3.8, 4) is 0 Å². The number of unbranched alkanes of at least 4 members (excludes halogenated alkanes) is 13. The Labute approximate surface area is 220 Å².